The molecule has 1 aromatic carbocycles. The molecule has 0 aliphatic heterocycles. The van der Waals surface area contributed by atoms with Crippen molar-refractivity contribution in [2.75, 3.05) is 0 Å². The highest BCUT2D eigenvalue weighted by Crippen LogP contribution is 2.26. The fourth-order valence-corrected chi connectivity index (χ4v) is 2.00. The van der Waals surface area contributed by atoms with Crippen LogP contribution in [0.1, 0.15) is 11.5 Å². The summed E-state index contributed by atoms with van der Waals surface area (Å²) in [5.41, 5.74) is 1.73. The maximum absolute atomic E-state index is 8.85. The van der Waals surface area contributed by atoms with Gasteiger partial charge in [0.2, 0.25) is 0 Å². The topological polar surface area (TPSA) is 49.6 Å². The Morgan fingerprint density at radius 2 is 1.71 bits per heavy atom. The second-order valence-electron chi connectivity index (χ2n) is 3.46. The Hall–Kier alpha value is -1.63. The molecule has 0 aliphatic carbocycles. The average molecular weight is 264 g/mol. The number of nitriles is 1. The van der Waals surface area contributed by atoms with Crippen LogP contribution in [0.15, 0.2) is 24.3 Å². The van der Waals surface area contributed by atoms with Gasteiger partial charge in [-0.05, 0) is 25.1 Å². The summed E-state index contributed by atoms with van der Waals surface area (Å²) in [6.45, 7) is 1.73. The van der Waals surface area contributed by atoms with E-state index < -0.39 is 0 Å². The Morgan fingerprint density at radius 3 is 2.29 bits per heavy atom. The summed E-state index contributed by atoms with van der Waals surface area (Å²) in [6, 6.07) is 8.73. The van der Waals surface area contributed by atoms with E-state index in [0.29, 0.717) is 27.3 Å². The maximum Gasteiger partial charge on any atom is 0.144 e. The standard InChI is InChI=1S/C12H7Cl2N3/c1-7-16-11(6-15)5-12(17-7)8-2-9(13)4-10(14)3-8/h2-5H,1H3. The van der Waals surface area contributed by atoms with E-state index in [1.54, 1.807) is 31.2 Å². The first-order valence-corrected chi connectivity index (χ1v) is 5.56. The van der Waals surface area contributed by atoms with Crippen molar-refractivity contribution in [3.63, 3.8) is 0 Å². The molecular weight excluding hydrogens is 257 g/mol. The number of rotatable bonds is 1. The van der Waals surface area contributed by atoms with Gasteiger partial charge >= 0.3 is 0 Å². The smallest absolute Gasteiger partial charge is 0.144 e. The Labute approximate surface area is 109 Å². The highest BCUT2D eigenvalue weighted by Gasteiger charge is 2.06. The van der Waals surface area contributed by atoms with Gasteiger partial charge in [-0.3, -0.25) is 0 Å². The van der Waals surface area contributed by atoms with Gasteiger partial charge in [0.1, 0.15) is 17.6 Å². The lowest BCUT2D eigenvalue weighted by Crippen LogP contribution is -1.94. The second kappa shape index (κ2) is 4.70. The molecule has 2 aromatic rings. The van der Waals surface area contributed by atoms with Crippen LogP contribution in [0.3, 0.4) is 0 Å². The summed E-state index contributed by atoms with van der Waals surface area (Å²) in [4.78, 5) is 8.24. The Morgan fingerprint density at radius 1 is 1.06 bits per heavy atom. The first-order chi connectivity index (χ1) is 8.08. The van der Waals surface area contributed by atoms with E-state index in [4.69, 9.17) is 28.5 Å². The summed E-state index contributed by atoms with van der Waals surface area (Å²) in [6.07, 6.45) is 0. The minimum absolute atomic E-state index is 0.323. The molecule has 0 N–H and O–H groups in total. The van der Waals surface area contributed by atoms with Gasteiger partial charge in [-0.1, -0.05) is 23.2 Å². The molecule has 0 atom stereocenters. The molecule has 2 rings (SSSR count). The van der Waals surface area contributed by atoms with Crippen molar-refractivity contribution in [2.45, 2.75) is 6.92 Å². The monoisotopic (exact) mass is 263 g/mol. The summed E-state index contributed by atoms with van der Waals surface area (Å²) in [7, 11) is 0. The molecular formula is C12H7Cl2N3. The van der Waals surface area contributed by atoms with Crippen molar-refractivity contribution in [1.82, 2.24) is 9.97 Å². The third-order valence-corrected chi connectivity index (χ3v) is 2.55. The summed E-state index contributed by atoms with van der Waals surface area (Å²) >= 11 is 11.8. The van der Waals surface area contributed by atoms with Crippen LogP contribution in [0, 0.1) is 18.3 Å². The number of aryl methyl sites for hydroxylation is 1. The van der Waals surface area contributed by atoms with Gasteiger partial charge in [-0.25, -0.2) is 9.97 Å². The predicted molar refractivity (Wildman–Crippen MR) is 66.9 cm³/mol. The van der Waals surface area contributed by atoms with Gasteiger partial charge in [-0.2, -0.15) is 5.26 Å². The van der Waals surface area contributed by atoms with E-state index in [0.717, 1.165) is 5.56 Å². The van der Waals surface area contributed by atoms with Crippen LogP contribution in [0.5, 0.6) is 0 Å². The molecule has 1 heterocycles. The third-order valence-electron chi connectivity index (χ3n) is 2.11. The molecule has 5 heteroatoms. The van der Waals surface area contributed by atoms with Crippen molar-refractivity contribution in [1.29, 1.82) is 5.26 Å². The Balaban J connectivity index is 2.60. The number of hydrogen-bond acceptors (Lipinski definition) is 3. The van der Waals surface area contributed by atoms with Crippen molar-refractivity contribution in [3.8, 4) is 17.3 Å². The average Bonchev–Trinajstić information content (AvgIpc) is 2.26. The van der Waals surface area contributed by atoms with Crippen LogP contribution in [-0.2, 0) is 0 Å². The molecule has 0 unspecified atom stereocenters. The van der Waals surface area contributed by atoms with Gasteiger partial charge in [0.15, 0.2) is 0 Å². The van der Waals surface area contributed by atoms with Crippen LogP contribution in [0.25, 0.3) is 11.3 Å². The second-order valence-corrected chi connectivity index (χ2v) is 4.33. The first-order valence-electron chi connectivity index (χ1n) is 4.81. The molecule has 0 spiro atoms. The minimum Gasteiger partial charge on any atom is -0.233 e. The Bertz CT molecular complexity index is 597. The number of benzene rings is 1. The number of nitrogens with zero attached hydrogens (tertiary/aromatic N) is 3. The predicted octanol–water partition coefficient (Wildman–Crippen LogP) is 3.63. The molecule has 0 radical (unpaired) electrons. The maximum atomic E-state index is 8.85. The lowest BCUT2D eigenvalue weighted by Gasteiger charge is -2.04. The van der Waals surface area contributed by atoms with Crippen molar-refractivity contribution in [3.05, 3.63) is 45.8 Å². The van der Waals surface area contributed by atoms with Crippen molar-refractivity contribution in [2.24, 2.45) is 0 Å². The van der Waals surface area contributed by atoms with Gasteiger partial charge in [0.25, 0.3) is 0 Å². The van der Waals surface area contributed by atoms with Crippen LogP contribution in [-0.4, -0.2) is 9.97 Å². The minimum atomic E-state index is 0.323. The van der Waals surface area contributed by atoms with Crippen molar-refractivity contribution >= 4 is 23.2 Å². The van der Waals surface area contributed by atoms with Crippen LogP contribution in [0.4, 0.5) is 0 Å². The summed E-state index contributed by atoms with van der Waals surface area (Å²) < 4.78 is 0. The molecule has 0 aliphatic rings. The third kappa shape index (κ3) is 2.73. The van der Waals surface area contributed by atoms with Gasteiger partial charge in [-0.15, -0.1) is 0 Å². The lowest BCUT2D eigenvalue weighted by atomic mass is 10.1. The summed E-state index contributed by atoms with van der Waals surface area (Å²) in [5, 5.41) is 9.91. The van der Waals surface area contributed by atoms with Gasteiger partial charge < -0.3 is 0 Å². The summed E-state index contributed by atoms with van der Waals surface area (Å²) in [5.74, 6) is 0.537. The molecule has 0 fully saturated rings. The molecule has 84 valence electrons. The highest BCUT2D eigenvalue weighted by atomic mass is 35.5. The molecule has 0 saturated heterocycles. The first kappa shape index (κ1) is 11.8. The van der Waals surface area contributed by atoms with E-state index in [-0.39, 0.29) is 0 Å². The van der Waals surface area contributed by atoms with Crippen LogP contribution < -0.4 is 0 Å². The molecule has 0 saturated carbocycles. The molecule has 17 heavy (non-hydrogen) atoms. The van der Waals surface area contributed by atoms with Gasteiger partial charge in [0, 0.05) is 21.7 Å². The zero-order valence-electron chi connectivity index (χ0n) is 8.91. The van der Waals surface area contributed by atoms with Crippen molar-refractivity contribution < 1.29 is 0 Å². The fourth-order valence-electron chi connectivity index (χ4n) is 1.47. The number of halogens is 2. The Kier molecular flexibility index (Phi) is 3.28. The number of aromatic nitrogens is 2. The van der Waals surface area contributed by atoms with E-state index in [1.165, 1.54) is 0 Å². The molecule has 3 nitrogen and oxygen atoms in total. The van der Waals surface area contributed by atoms with E-state index in [9.17, 15) is 0 Å². The zero-order valence-corrected chi connectivity index (χ0v) is 10.4. The molecule has 0 amide bonds. The highest BCUT2D eigenvalue weighted by molar-refractivity contribution is 6.35. The molecule has 0 bridgehead atoms. The van der Waals surface area contributed by atoms with Gasteiger partial charge in [0.05, 0.1) is 5.69 Å². The lowest BCUT2D eigenvalue weighted by molar-refractivity contribution is 1.04. The van der Waals surface area contributed by atoms with E-state index in [1.807, 2.05) is 6.07 Å². The number of hydrogen-bond donors (Lipinski definition) is 0. The normalized spacial score (nSPS) is 10.0. The largest absolute Gasteiger partial charge is 0.233 e. The SMILES string of the molecule is Cc1nc(C#N)cc(-c2cc(Cl)cc(Cl)c2)n1. The molecule has 1 aromatic heterocycles. The van der Waals surface area contributed by atoms with Crippen LogP contribution >= 0.6 is 23.2 Å². The zero-order chi connectivity index (χ0) is 12.4. The quantitative estimate of drug-likeness (QED) is 0.790. The fraction of sp³-hybridized carbons (Fsp3) is 0.0833. The van der Waals surface area contributed by atoms with Crippen LogP contribution in [0.2, 0.25) is 10.0 Å². The van der Waals surface area contributed by atoms with E-state index >= 15 is 0 Å². The van der Waals surface area contributed by atoms with E-state index in [2.05, 4.69) is 9.97 Å².